The van der Waals surface area contributed by atoms with Crippen molar-refractivity contribution >= 4 is 6.09 Å². The monoisotopic (exact) mass is 321 g/mol. The largest absolute Gasteiger partial charge is 0.444 e. The Bertz CT molecular complexity index is 493. The van der Waals surface area contributed by atoms with E-state index in [1.807, 2.05) is 37.9 Å². The lowest BCUT2D eigenvalue weighted by atomic mass is 10.0. The van der Waals surface area contributed by atoms with Crippen LogP contribution in [0.3, 0.4) is 0 Å². The van der Waals surface area contributed by atoms with Crippen LogP contribution in [0.2, 0.25) is 0 Å². The van der Waals surface area contributed by atoms with Gasteiger partial charge in [0.15, 0.2) is 0 Å². The normalized spacial score (nSPS) is 20.6. The van der Waals surface area contributed by atoms with Crippen LogP contribution in [0.5, 0.6) is 0 Å². The fourth-order valence-corrected chi connectivity index (χ4v) is 3.08. The molecule has 0 bridgehead atoms. The summed E-state index contributed by atoms with van der Waals surface area (Å²) in [5.41, 5.74) is 0.759. The number of rotatable bonds is 4. The third kappa shape index (κ3) is 4.99. The Morgan fingerprint density at radius 1 is 1.48 bits per heavy atom. The van der Waals surface area contributed by atoms with E-state index in [4.69, 9.17) is 4.74 Å². The molecule has 0 saturated carbocycles. The van der Waals surface area contributed by atoms with Crippen LogP contribution in [0, 0.1) is 0 Å². The number of aromatic nitrogens is 1. The Morgan fingerprint density at radius 3 is 2.83 bits per heavy atom. The summed E-state index contributed by atoms with van der Waals surface area (Å²) in [4.78, 5) is 20.0. The lowest BCUT2D eigenvalue weighted by Crippen LogP contribution is -2.50. The van der Waals surface area contributed by atoms with Crippen LogP contribution < -0.4 is 0 Å². The molecule has 1 aliphatic heterocycles. The molecule has 2 rings (SSSR count). The van der Waals surface area contributed by atoms with E-state index in [9.17, 15) is 4.79 Å². The van der Waals surface area contributed by atoms with Crippen molar-refractivity contribution < 1.29 is 9.53 Å². The first-order valence-electron chi connectivity index (χ1n) is 8.61. The summed E-state index contributed by atoms with van der Waals surface area (Å²) in [6.07, 6.45) is 5.05. The average Bonchev–Trinajstić information content (AvgIpc) is 2.99. The lowest BCUT2D eigenvalue weighted by Gasteiger charge is -2.39. The number of H-pyrrole nitrogens is 1. The van der Waals surface area contributed by atoms with Crippen molar-refractivity contribution in [2.24, 2.45) is 0 Å². The zero-order valence-electron chi connectivity index (χ0n) is 15.1. The minimum Gasteiger partial charge on any atom is -0.444 e. The highest BCUT2D eigenvalue weighted by Crippen LogP contribution is 2.24. The maximum absolute atomic E-state index is 12.5. The van der Waals surface area contributed by atoms with Crippen molar-refractivity contribution in [3.05, 3.63) is 24.0 Å². The van der Waals surface area contributed by atoms with Gasteiger partial charge in [-0.05, 0) is 66.1 Å². The summed E-state index contributed by atoms with van der Waals surface area (Å²) >= 11 is 0. The van der Waals surface area contributed by atoms with Gasteiger partial charge in [-0.25, -0.2) is 4.79 Å². The molecule has 1 aromatic heterocycles. The number of hydrogen-bond donors (Lipinski definition) is 1. The number of carbonyl (C=O) groups is 1. The third-order valence-corrected chi connectivity index (χ3v) is 4.49. The topological polar surface area (TPSA) is 48.6 Å². The summed E-state index contributed by atoms with van der Waals surface area (Å²) in [7, 11) is 2.12. The maximum Gasteiger partial charge on any atom is 0.410 e. The average molecular weight is 321 g/mol. The van der Waals surface area contributed by atoms with E-state index in [0.717, 1.165) is 25.9 Å². The molecule has 1 aliphatic rings. The first-order valence-corrected chi connectivity index (χ1v) is 8.61. The zero-order chi connectivity index (χ0) is 17.0. The summed E-state index contributed by atoms with van der Waals surface area (Å²) in [6, 6.07) is 4.65. The summed E-state index contributed by atoms with van der Waals surface area (Å²) in [5.74, 6) is 0. The Kier molecular flexibility index (Phi) is 5.74. The number of nitrogens with zero attached hydrogens (tertiary/aromatic N) is 2. The number of likely N-dealkylation sites (tertiary alicyclic amines) is 1. The molecule has 0 radical (unpaired) electrons. The van der Waals surface area contributed by atoms with Gasteiger partial charge >= 0.3 is 6.09 Å². The summed E-state index contributed by atoms with van der Waals surface area (Å²) < 4.78 is 5.58. The number of nitrogens with one attached hydrogen (secondary N) is 1. The van der Waals surface area contributed by atoms with E-state index in [1.165, 1.54) is 12.1 Å². The van der Waals surface area contributed by atoms with E-state index in [0.29, 0.717) is 6.04 Å². The summed E-state index contributed by atoms with van der Waals surface area (Å²) in [5, 5.41) is 0. The van der Waals surface area contributed by atoms with E-state index in [1.54, 1.807) is 0 Å². The van der Waals surface area contributed by atoms with Crippen molar-refractivity contribution in [2.75, 3.05) is 20.1 Å². The van der Waals surface area contributed by atoms with Crippen molar-refractivity contribution in [2.45, 2.75) is 64.6 Å². The van der Waals surface area contributed by atoms with Crippen molar-refractivity contribution in [3.8, 4) is 0 Å². The standard InChI is InChI=1S/C18H31N3O2/c1-14(16-10-8-11-19-16)20(5)13-15-9-6-7-12-21(15)17(22)23-18(2,3)4/h8,10-11,14-15,19H,6-7,9,12-13H2,1-5H3/t14-,15-/m1/s1. The maximum atomic E-state index is 12.5. The highest BCUT2D eigenvalue weighted by molar-refractivity contribution is 5.68. The van der Waals surface area contributed by atoms with Gasteiger partial charge in [0.25, 0.3) is 0 Å². The first-order chi connectivity index (χ1) is 10.8. The molecule has 0 unspecified atom stereocenters. The number of piperidine rings is 1. The van der Waals surface area contributed by atoms with E-state index >= 15 is 0 Å². The quantitative estimate of drug-likeness (QED) is 0.917. The molecule has 2 heterocycles. The van der Waals surface area contributed by atoms with Crippen LogP contribution in [0.1, 0.15) is 58.7 Å². The second-order valence-corrected chi connectivity index (χ2v) is 7.56. The van der Waals surface area contributed by atoms with Crippen LogP contribution in [0.25, 0.3) is 0 Å². The second-order valence-electron chi connectivity index (χ2n) is 7.56. The van der Waals surface area contributed by atoms with Crippen LogP contribution in [0.4, 0.5) is 4.79 Å². The Labute approximate surface area is 140 Å². The second kappa shape index (κ2) is 7.39. The predicted molar refractivity (Wildman–Crippen MR) is 92.4 cm³/mol. The smallest absolute Gasteiger partial charge is 0.410 e. The molecule has 1 amide bonds. The molecule has 2 atom stereocenters. The molecule has 130 valence electrons. The molecule has 1 saturated heterocycles. The molecule has 0 aromatic carbocycles. The number of amides is 1. The SMILES string of the molecule is C[C@H](c1ccc[nH]1)N(C)C[C@H]1CCCCN1C(=O)OC(C)(C)C. The number of aromatic amines is 1. The number of hydrogen-bond acceptors (Lipinski definition) is 3. The molecule has 0 aliphatic carbocycles. The van der Waals surface area contributed by atoms with Crippen LogP contribution in [-0.2, 0) is 4.74 Å². The van der Waals surface area contributed by atoms with Crippen molar-refractivity contribution in [1.29, 1.82) is 0 Å². The lowest BCUT2D eigenvalue weighted by molar-refractivity contribution is 0.00459. The van der Waals surface area contributed by atoms with Gasteiger partial charge in [-0.15, -0.1) is 0 Å². The van der Waals surface area contributed by atoms with Gasteiger partial charge < -0.3 is 14.6 Å². The molecule has 5 heteroatoms. The molecular weight excluding hydrogens is 290 g/mol. The van der Waals surface area contributed by atoms with Gasteiger partial charge in [0, 0.05) is 37.1 Å². The van der Waals surface area contributed by atoms with Gasteiger partial charge in [-0.3, -0.25) is 4.90 Å². The minimum atomic E-state index is -0.442. The zero-order valence-corrected chi connectivity index (χ0v) is 15.1. The summed E-state index contributed by atoms with van der Waals surface area (Å²) in [6.45, 7) is 9.60. The molecule has 1 fully saturated rings. The molecule has 1 N–H and O–H groups in total. The number of ether oxygens (including phenoxy) is 1. The van der Waals surface area contributed by atoms with E-state index in [-0.39, 0.29) is 12.1 Å². The molecule has 0 spiro atoms. The molecule has 1 aromatic rings. The molecule has 5 nitrogen and oxygen atoms in total. The Hall–Kier alpha value is -1.49. The van der Waals surface area contributed by atoms with E-state index < -0.39 is 5.60 Å². The van der Waals surface area contributed by atoms with Crippen LogP contribution in [-0.4, -0.2) is 52.7 Å². The highest BCUT2D eigenvalue weighted by Gasteiger charge is 2.31. The third-order valence-electron chi connectivity index (χ3n) is 4.49. The van der Waals surface area contributed by atoms with E-state index in [2.05, 4.69) is 29.9 Å². The van der Waals surface area contributed by atoms with Crippen molar-refractivity contribution in [3.63, 3.8) is 0 Å². The minimum absolute atomic E-state index is 0.178. The van der Waals surface area contributed by atoms with Gasteiger partial charge in [-0.1, -0.05) is 0 Å². The van der Waals surface area contributed by atoms with Gasteiger partial charge in [0.2, 0.25) is 0 Å². The predicted octanol–water partition coefficient (Wildman–Crippen LogP) is 3.80. The fraction of sp³-hybridized carbons (Fsp3) is 0.722. The van der Waals surface area contributed by atoms with Crippen molar-refractivity contribution in [1.82, 2.24) is 14.8 Å². The fourth-order valence-electron chi connectivity index (χ4n) is 3.08. The highest BCUT2D eigenvalue weighted by atomic mass is 16.6. The molecule has 23 heavy (non-hydrogen) atoms. The Morgan fingerprint density at radius 2 is 2.22 bits per heavy atom. The first kappa shape index (κ1) is 17.9. The Balaban J connectivity index is 1.99. The number of likely N-dealkylation sites (N-methyl/N-ethyl adjacent to an activating group) is 1. The number of carbonyl (C=O) groups excluding carboxylic acids is 1. The van der Waals surface area contributed by atoms with Gasteiger partial charge in [0.05, 0.1) is 0 Å². The van der Waals surface area contributed by atoms with Gasteiger partial charge in [0.1, 0.15) is 5.60 Å². The van der Waals surface area contributed by atoms with Crippen LogP contribution in [0.15, 0.2) is 18.3 Å². The van der Waals surface area contributed by atoms with Gasteiger partial charge in [-0.2, -0.15) is 0 Å². The van der Waals surface area contributed by atoms with Crippen LogP contribution >= 0.6 is 0 Å². The molecular formula is C18H31N3O2.